The van der Waals surface area contributed by atoms with Gasteiger partial charge in [-0.3, -0.25) is 4.79 Å². The Morgan fingerprint density at radius 3 is 2.45 bits per heavy atom. The Morgan fingerprint density at radius 1 is 1.24 bits per heavy atom. The molecule has 33 heavy (non-hydrogen) atoms. The van der Waals surface area contributed by atoms with Crippen molar-refractivity contribution in [1.29, 1.82) is 0 Å². The van der Waals surface area contributed by atoms with E-state index in [2.05, 4.69) is 4.99 Å². The first kappa shape index (κ1) is 24.6. The standard InChI is InChI=1S/C25H24Cl2F3NOS/c1-15(13-31-22(32)17-3-4-17)16-5-7-23(2,8-6-16)19-12-24(33-14-19,25(28,29)30)18-9-20(26)11-21(27)10-18/h5-7,9-11,13-15,17H,3-4,8,12H2,1-2H3. The lowest BCUT2D eigenvalue weighted by molar-refractivity contribution is -0.161. The van der Waals surface area contributed by atoms with Gasteiger partial charge in [-0.1, -0.05) is 60.9 Å². The summed E-state index contributed by atoms with van der Waals surface area (Å²) in [6, 6.07) is 4.14. The zero-order valence-corrected chi connectivity index (χ0v) is 20.6. The van der Waals surface area contributed by atoms with E-state index in [9.17, 15) is 18.0 Å². The third-order valence-corrected chi connectivity index (χ3v) is 8.50. The number of alkyl halides is 3. The summed E-state index contributed by atoms with van der Waals surface area (Å²) in [6.45, 7) is 3.92. The average molecular weight is 514 g/mol. The second-order valence-electron chi connectivity index (χ2n) is 9.26. The van der Waals surface area contributed by atoms with Crippen LogP contribution in [-0.4, -0.2) is 18.3 Å². The fraction of sp³-hybridized carbons (Fsp3) is 0.440. The van der Waals surface area contributed by atoms with E-state index >= 15 is 0 Å². The first-order valence-electron chi connectivity index (χ1n) is 10.8. The molecule has 0 N–H and O–H groups in total. The second-order valence-corrected chi connectivity index (χ2v) is 11.3. The summed E-state index contributed by atoms with van der Waals surface area (Å²) >= 11 is 12.8. The van der Waals surface area contributed by atoms with Crippen LogP contribution in [0.3, 0.4) is 0 Å². The van der Waals surface area contributed by atoms with E-state index in [1.807, 2.05) is 32.1 Å². The molecule has 2 nitrogen and oxygen atoms in total. The molecule has 0 spiro atoms. The van der Waals surface area contributed by atoms with Crippen molar-refractivity contribution in [3.63, 3.8) is 0 Å². The number of aliphatic imine (C=N–C) groups is 1. The number of halogens is 5. The van der Waals surface area contributed by atoms with Crippen molar-refractivity contribution in [2.75, 3.05) is 0 Å². The Kier molecular flexibility index (Phi) is 6.67. The molecule has 0 saturated heterocycles. The van der Waals surface area contributed by atoms with Crippen LogP contribution in [0.5, 0.6) is 0 Å². The molecule has 1 amide bonds. The maximum atomic E-state index is 14.4. The minimum atomic E-state index is -4.49. The zero-order chi connectivity index (χ0) is 24.0. The van der Waals surface area contributed by atoms with E-state index in [-0.39, 0.29) is 39.8 Å². The number of amides is 1. The number of thioether (sulfide) groups is 1. The normalized spacial score (nSPS) is 28.7. The van der Waals surface area contributed by atoms with E-state index in [0.29, 0.717) is 6.42 Å². The smallest absolute Gasteiger partial charge is 0.272 e. The molecule has 1 aromatic rings. The van der Waals surface area contributed by atoms with Crippen molar-refractivity contribution in [3.05, 3.63) is 68.6 Å². The summed E-state index contributed by atoms with van der Waals surface area (Å²) in [4.78, 5) is 15.9. The van der Waals surface area contributed by atoms with Crippen LogP contribution < -0.4 is 0 Å². The number of carbonyl (C=O) groups excluding carboxylic acids is 1. The number of rotatable bonds is 5. The Balaban J connectivity index is 1.52. The van der Waals surface area contributed by atoms with Gasteiger partial charge in [0, 0.05) is 33.5 Å². The first-order valence-corrected chi connectivity index (χ1v) is 12.4. The van der Waals surface area contributed by atoms with Gasteiger partial charge in [0.2, 0.25) is 5.91 Å². The van der Waals surface area contributed by atoms with Gasteiger partial charge in [0.25, 0.3) is 0 Å². The fourth-order valence-electron chi connectivity index (χ4n) is 4.18. The maximum absolute atomic E-state index is 14.4. The van der Waals surface area contributed by atoms with E-state index in [1.54, 1.807) is 11.6 Å². The molecule has 3 atom stereocenters. The molecule has 0 radical (unpaired) electrons. The Labute approximate surface area is 206 Å². The molecule has 0 bridgehead atoms. The third-order valence-electron chi connectivity index (χ3n) is 6.65. The van der Waals surface area contributed by atoms with Gasteiger partial charge in [-0.2, -0.15) is 13.2 Å². The summed E-state index contributed by atoms with van der Waals surface area (Å²) in [5, 5.41) is 2.01. The van der Waals surface area contributed by atoms with Crippen molar-refractivity contribution in [2.45, 2.75) is 50.5 Å². The van der Waals surface area contributed by atoms with E-state index in [4.69, 9.17) is 23.2 Å². The minimum absolute atomic E-state index is 0.0386. The molecule has 1 fully saturated rings. The van der Waals surface area contributed by atoms with Crippen molar-refractivity contribution in [3.8, 4) is 0 Å². The van der Waals surface area contributed by atoms with Gasteiger partial charge in [-0.15, -0.1) is 11.8 Å². The summed E-state index contributed by atoms with van der Waals surface area (Å²) in [7, 11) is 0. The summed E-state index contributed by atoms with van der Waals surface area (Å²) < 4.78 is 41.1. The highest BCUT2D eigenvalue weighted by Crippen LogP contribution is 2.61. The van der Waals surface area contributed by atoms with Crippen LogP contribution in [-0.2, 0) is 9.54 Å². The molecular weight excluding hydrogens is 490 g/mol. The average Bonchev–Trinajstić information content (AvgIpc) is 3.47. The highest BCUT2D eigenvalue weighted by Gasteiger charge is 2.59. The van der Waals surface area contributed by atoms with Gasteiger partial charge in [0.15, 0.2) is 0 Å². The molecule has 1 aromatic carbocycles. The molecule has 1 heterocycles. The molecule has 1 aliphatic heterocycles. The minimum Gasteiger partial charge on any atom is -0.272 e. The van der Waals surface area contributed by atoms with Crippen LogP contribution in [0.15, 0.2) is 58.0 Å². The van der Waals surface area contributed by atoms with E-state index < -0.39 is 16.3 Å². The number of nitrogens with zero attached hydrogens (tertiary/aromatic N) is 1. The van der Waals surface area contributed by atoms with Gasteiger partial charge in [-0.05, 0) is 60.4 Å². The molecule has 1 saturated carbocycles. The molecule has 176 valence electrons. The van der Waals surface area contributed by atoms with Crippen molar-refractivity contribution in [1.82, 2.24) is 0 Å². The lowest BCUT2D eigenvalue weighted by Gasteiger charge is -2.35. The van der Waals surface area contributed by atoms with Crippen LogP contribution in [0, 0.1) is 17.3 Å². The summed E-state index contributed by atoms with van der Waals surface area (Å²) in [5.41, 5.74) is 1.26. The van der Waals surface area contributed by atoms with Crippen molar-refractivity contribution < 1.29 is 18.0 Å². The van der Waals surface area contributed by atoms with Crippen LogP contribution >= 0.6 is 35.0 Å². The number of hydrogen-bond donors (Lipinski definition) is 0. The third kappa shape index (κ3) is 4.98. The van der Waals surface area contributed by atoms with Crippen LogP contribution in [0.4, 0.5) is 13.2 Å². The largest absolute Gasteiger partial charge is 0.407 e. The predicted octanol–water partition coefficient (Wildman–Crippen LogP) is 8.31. The zero-order valence-electron chi connectivity index (χ0n) is 18.3. The number of benzene rings is 1. The number of hydrogen-bond acceptors (Lipinski definition) is 2. The molecule has 3 unspecified atom stereocenters. The first-order chi connectivity index (χ1) is 15.4. The van der Waals surface area contributed by atoms with E-state index in [0.717, 1.165) is 35.7 Å². The van der Waals surface area contributed by atoms with Gasteiger partial charge >= 0.3 is 6.18 Å². The van der Waals surface area contributed by atoms with Crippen LogP contribution in [0.2, 0.25) is 10.0 Å². The predicted molar refractivity (Wildman–Crippen MR) is 130 cm³/mol. The monoisotopic (exact) mass is 513 g/mol. The quantitative estimate of drug-likeness (QED) is 0.370. The Bertz CT molecular complexity index is 1070. The van der Waals surface area contributed by atoms with Crippen LogP contribution in [0.25, 0.3) is 0 Å². The highest BCUT2D eigenvalue weighted by atomic mass is 35.5. The lowest BCUT2D eigenvalue weighted by Crippen LogP contribution is -2.38. The van der Waals surface area contributed by atoms with Gasteiger partial charge in [-0.25, -0.2) is 4.99 Å². The topological polar surface area (TPSA) is 29.4 Å². The van der Waals surface area contributed by atoms with E-state index in [1.165, 1.54) is 18.2 Å². The Morgan fingerprint density at radius 2 is 1.91 bits per heavy atom. The molecule has 8 heteroatoms. The van der Waals surface area contributed by atoms with Gasteiger partial charge < -0.3 is 0 Å². The van der Waals surface area contributed by atoms with Gasteiger partial charge in [0.05, 0.1) is 0 Å². The summed E-state index contributed by atoms with van der Waals surface area (Å²) in [6.07, 6.45) is 5.36. The SMILES string of the molecule is CC(C=NC(=O)C1CC1)C1=CCC(C)(C2=CSC(c3cc(Cl)cc(Cl)c3)(C(F)(F)F)C2)C=C1. The second kappa shape index (κ2) is 8.94. The number of carbonyl (C=O) groups is 1. The molecule has 0 aromatic heterocycles. The van der Waals surface area contributed by atoms with Gasteiger partial charge in [0.1, 0.15) is 4.75 Å². The molecule has 2 aliphatic carbocycles. The molecular formula is C25H24Cl2F3NOS. The highest BCUT2D eigenvalue weighted by molar-refractivity contribution is 8.03. The molecule has 3 aliphatic rings. The Hall–Kier alpha value is -1.50. The van der Waals surface area contributed by atoms with Crippen LogP contribution in [0.1, 0.15) is 45.1 Å². The maximum Gasteiger partial charge on any atom is 0.407 e. The molecule has 4 rings (SSSR count). The fourth-order valence-corrected chi connectivity index (χ4v) is 6.02. The van der Waals surface area contributed by atoms with Crippen molar-refractivity contribution >= 4 is 47.1 Å². The van der Waals surface area contributed by atoms with Crippen molar-refractivity contribution in [2.24, 2.45) is 22.2 Å². The lowest BCUT2D eigenvalue weighted by atomic mass is 9.72. The summed E-state index contributed by atoms with van der Waals surface area (Å²) in [5.74, 6) is -0.0178. The number of allylic oxidation sites excluding steroid dienone is 5.